The van der Waals surface area contributed by atoms with E-state index in [-0.39, 0.29) is 6.23 Å². The topological polar surface area (TPSA) is 20.2 Å². The highest BCUT2D eigenvalue weighted by Gasteiger charge is 2.17. The Hall–Kier alpha value is 1.05. The molecule has 0 saturated carbocycles. The van der Waals surface area contributed by atoms with Crippen LogP contribution in [0.1, 0.15) is 0 Å². The van der Waals surface area contributed by atoms with Gasteiger partial charge in [0.1, 0.15) is 9.52 Å². The van der Waals surface area contributed by atoms with Gasteiger partial charge < -0.3 is 5.11 Å². The van der Waals surface area contributed by atoms with Gasteiger partial charge in [-0.3, -0.25) is 0 Å². The first kappa shape index (κ1) is 8.05. The van der Waals surface area contributed by atoms with E-state index in [1.54, 1.807) is 0 Å². The number of alkyl halides is 3. The Kier molecular flexibility index (Phi) is 3.62. The van der Waals surface area contributed by atoms with E-state index >= 15 is 0 Å². The van der Waals surface area contributed by atoms with E-state index in [0.29, 0.717) is 0 Å². The van der Waals surface area contributed by atoms with Gasteiger partial charge in [0, 0.05) is 6.23 Å². The Balaban J connectivity index is 3.15. The maximum Gasteiger partial charge on any atom is 0.172 e. The van der Waals surface area contributed by atoms with Crippen LogP contribution in [0.2, 0.25) is 0 Å². The average Bonchev–Trinajstić information content (AvgIpc) is 1.30. The SMILES string of the molecule is OC[SiH2]C(Cl)(Cl)Cl. The van der Waals surface area contributed by atoms with Crippen LogP contribution in [0.5, 0.6) is 0 Å². The van der Waals surface area contributed by atoms with Crippen molar-refractivity contribution in [1.82, 2.24) is 0 Å². The van der Waals surface area contributed by atoms with Crippen LogP contribution in [0.15, 0.2) is 0 Å². The molecule has 0 saturated heterocycles. The minimum Gasteiger partial charge on any atom is -0.400 e. The molecule has 0 aromatic carbocycles. The number of aliphatic hydroxyl groups is 1. The zero-order valence-corrected chi connectivity index (χ0v) is 7.18. The van der Waals surface area contributed by atoms with E-state index in [1.807, 2.05) is 0 Å². The quantitative estimate of drug-likeness (QED) is 0.457. The summed E-state index contributed by atoms with van der Waals surface area (Å²) in [5.41, 5.74) is 0. The molecule has 0 aromatic heterocycles. The van der Waals surface area contributed by atoms with Crippen molar-refractivity contribution in [1.29, 1.82) is 0 Å². The van der Waals surface area contributed by atoms with E-state index in [9.17, 15) is 0 Å². The molecular weight excluding hydrogens is 174 g/mol. The monoisotopic (exact) mass is 178 g/mol. The van der Waals surface area contributed by atoms with Gasteiger partial charge >= 0.3 is 0 Å². The summed E-state index contributed by atoms with van der Waals surface area (Å²) in [7, 11) is -0.888. The Morgan fingerprint density at radius 2 is 1.86 bits per heavy atom. The van der Waals surface area contributed by atoms with Crippen molar-refractivity contribution in [2.45, 2.75) is 3.42 Å². The summed E-state index contributed by atoms with van der Waals surface area (Å²) in [6.07, 6.45) is 0.0521. The maximum atomic E-state index is 8.21. The Morgan fingerprint density at radius 3 is 1.86 bits per heavy atom. The molecule has 44 valence electrons. The lowest BCUT2D eigenvalue weighted by molar-refractivity contribution is 0.365. The van der Waals surface area contributed by atoms with Gasteiger partial charge in [0.05, 0.1) is 0 Å². The Bertz CT molecular complexity index is 51.4. The second-order valence-electron chi connectivity index (χ2n) is 1.09. The fourth-order valence-electron chi connectivity index (χ4n) is 0.127. The van der Waals surface area contributed by atoms with Crippen molar-refractivity contribution in [3.8, 4) is 0 Å². The van der Waals surface area contributed by atoms with E-state index in [4.69, 9.17) is 39.9 Å². The van der Waals surface area contributed by atoms with Crippen LogP contribution in [0, 0.1) is 0 Å². The first-order chi connectivity index (χ1) is 3.06. The van der Waals surface area contributed by atoms with Crippen LogP contribution in [-0.2, 0) is 0 Å². The molecule has 0 fully saturated rings. The molecule has 0 amide bonds. The molecule has 0 radical (unpaired) electrons. The molecule has 0 aliphatic heterocycles. The largest absolute Gasteiger partial charge is 0.400 e. The number of halogens is 3. The number of rotatable bonds is 1. The molecule has 7 heavy (non-hydrogen) atoms. The van der Waals surface area contributed by atoms with Crippen LogP contribution < -0.4 is 0 Å². The summed E-state index contributed by atoms with van der Waals surface area (Å²) in [5, 5.41) is 8.21. The average molecular weight is 180 g/mol. The maximum absolute atomic E-state index is 8.21. The predicted octanol–water partition coefficient (Wildman–Crippen LogP) is 0.433. The molecule has 0 heterocycles. The smallest absolute Gasteiger partial charge is 0.172 e. The summed E-state index contributed by atoms with van der Waals surface area (Å²) in [6.45, 7) is 0. The van der Waals surface area contributed by atoms with Gasteiger partial charge in [-0.2, -0.15) is 0 Å². The van der Waals surface area contributed by atoms with Crippen molar-refractivity contribution in [2.24, 2.45) is 0 Å². The van der Waals surface area contributed by atoms with Gasteiger partial charge in [-0.1, -0.05) is 34.8 Å². The number of hydrogen-bond donors (Lipinski definition) is 1. The zero-order chi connectivity index (χ0) is 5.91. The highest BCUT2D eigenvalue weighted by Crippen LogP contribution is 2.23. The highest BCUT2D eigenvalue weighted by atomic mass is 35.6. The molecule has 0 atom stereocenters. The van der Waals surface area contributed by atoms with Gasteiger partial charge in [0.2, 0.25) is 0 Å². The van der Waals surface area contributed by atoms with E-state index in [1.165, 1.54) is 0 Å². The summed E-state index contributed by atoms with van der Waals surface area (Å²) in [6, 6.07) is 0. The van der Waals surface area contributed by atoms with Crippen molar-refractivity contribution in [3.05, 3.63) is 0 Å². The minimum absolute atomic E-state index is 0.0521. The van der Waals surface area contributed by atoms with Crippen molar-refractivity contribution in [2.75, 3.05) is 6.23 Å². The fourth-order valence-corrected chi connectivity index (χ4v) is 1.14. The molecule has 0 aliphatic rings. The molecule has 0 unspecified atom stereocenters. The molecule has 1 nitrogen and oxygen atoms in total. The van der Waals surface area contributed by atoms with E-state index < -0.39 is 12.9 Å². The van der Waals surface area contributed by atoms with Crippen LogP contribution in [0.4, 0.5) is 0 Å². The Labute approximate surface area is 59.4 Å². The molecule has 0 aromatic rings. The van der Waals surface area contributed by atoms with E-state index in [2.05, 4.69) is 0 Å². The number of hydrogen-bond acceptors (Lipinski definition) is 1. The third-order valence-corrected chi connectivity index (χ3v) is 2.89. The van der Waals surface area contributed by atoms with Gasteiger partial charge in [-0.15, -0.1) is 0 Å². The standard InChI is InChI=1S/C2H5Cl3OSi/c3-2(4,5)7-1-6/h6H,1,7H2. The molecule has 0 bridgehead atoms. The molecule has 1 N–H and O–H groups in total. The lowest BCUT2D eigenvalue weighted by atomic mass is 11.7. The second kappa shape index (κ2) is 3.15. The van der Waals surface area contributed by atoms with Crippen LogP contribution >= 0.6 is 34.8 Å². The zero-order valence-electron chi connectivity index (χ0n) is 3.50. The molecule has 0 aliphatic carbocycles. The van der Waals surface area contributed by atoms with Crippen LogP contribution in [0.25, 0.3) is 0 Å². The predicted molar refractivity (Wildman–Crippen MR) is 35.9 cm³/mol. The van der Waals surface area contributed by atoms with Gasteiger partial charge in [0.15, 0.2) is 3.42 Å². The van der Waals surface area contributed by atoms with Gasteiger partial charge in [-0.25, -0.2) is 0 Å². The fraction of sp³-hybridized carbons (Fsp3) is 1.00. The second-order valence-corrected chi connectivity index (χ2v) is 6.96. The molecule has 5 heteroatoms. The number of aliphatic hydroxyl groups excluding tert-OH is 1. The van der Waals surface area contributed by atoms with Crippen molar-refractivity contribution >= 4 is 44.3 Å². The minimum atomic E-state index is -1.14. The third-order valence-electron chi connectivity index (χ3n) is 0.395. The van der Waals surface area contributed by atoms with Crippen LogP contribution in [-0.4, -0.2) is 24.3 Å². The normalized spacial score (nSPS) is 13.7. The van der Waals surface area contributed by atoms with Crippen LogP contribution in [0.3, 0.4) is 0 Å². The molecular formula is C2H5Cl3OSi. The lowest BCUT2D eigenvalue weighted by Gasteiger charge is -2.04. The first-order valence-electron chi connectivity index (χ1n) is 1.74. The first-order valence-corrected chi connectivity index (χ1v) is 4.58. The summed E-state index contributed by atoms with van der Waals surface area (Å²) in [4.78, 5) is 0. The summed E-state index contributed by atoms with van der Waals surface area (Å²) >= 11 is 15.8. The third kappa shape index (κ3) is 7.05. The van der Waals surface area contributed by atoms with Gasteiger partial charge in [-0.05, 0) is 0 Å². The van der Waals surface area contributed by atoms with Crippen molar-refractivity contribution < 1.29 is 5.11 Å². The molecule has 0 rings (SSSR count). The van der Waals surface area contributed by atoms with E-state index in [0.717, 1.165) is 0 Å². The van der Waals surface area contributed by atoms with Crippen molar-refractivity contribution in [3.63, 3.8) is 0 Å². The summed E-state index contributed by atoms with van der Waals surface area (Å²) < 4.78 is -1.14. The Morgan fingerprint density at radius 1 is 1.43 bits per heavy atom. The molecule has 0 spiro atoms. The van der Waals surface area contributed by atoms with Gasteiger partial charge in [0.25, 0.3) is 0 Å². The lowest BCUT2D eigenvalue weighted by Crippen LogP contribution is -2.17. The summed E-state index contributed by atoms with van der Waals surface area (Å²) in [5.74, 6) is 0. The highest BCUT2D eigenvalue weighted by molar-refractivity contribution is 6.87.